The van der Waals surface area contributed by atoms with E-state index in [1.807, 2.05) is 0 Å². The second-order valence-corrected chi connectivity index (χ2v) is 11.2. The number of benzene rings is 4. The number of hydrogen-bond acceptors (Lipinski definition) is 6. The highest BCUT2D eigenvalue weighted by atomic mass is 35.5. The Balaban J connectivity index is 1.33. The molecule has 0 spiro atoms. The first kappa shape index (κ1) is 29.6. The summed E-state index contributed by atoms with van der Waals surface area (Å²) in [4.78, 5) is 24.8. The van der Waals surface area contributed by atoms with Gasteiger partial charge in [-0.15, -0.1) is 0 Å². The summed E-state index contributed by atoms with van der Waals surface area (Å²) < 4.78 is 33.2. The molecule has 0 fully saturated rings. The third-order valence-electron chi connectivity index (χ3n) is 5.49. The van der Waals surface area contributed by atoms with E-state index in [1.165, 1.54) is 30.5 Å². The number of para-hydroxylation sites is 1. The van der Waals surface area contributed by atoms with E-state index >= 15 is 0 Å². The molecule has 2 N–H and O–H groups in total. The molecule has 0 radical (unpaired) electrons. The number of ether oxygens (including phenoxy) is 1. The van der Waals surface area contributed by atoms with Crippen LogP contribution in [0.3, 0.4) is 0 Å². The van der Waals surface area contributed by atoms with Gasteiger partial charge < -0.3 is 10.1 Å². The van der Waals surface area contributed by atoms with Gasteiger partial charge in [-0.1, -0.05) is 47.5 Å². The number of sulfonamides is 1. The lowest BCUT2D eigenvalue weighted by molar-refractivity contribution is -0.119. The smallest absolute Gasteiger partial charge is 0.264 e. The van der Waals surface area contributed by atoms with Gasteiger partial charge in [0.2, 0.25) is 0 Å². The van der Waals surface area contributed by atoms with Crippen LogP contribution in [0.15, 0.2) is 113 Å². The van der Waals surface area contributed by atoms with Gasteiger partial charge in [-0.2, -0.15) is 5.10 Å². The second kappa shape index (κ2) is 13.8. The Kier molecular flexibility index (Phi) is 9.96. The lowest BCUT2D eigenvalue weighted by Gasteiger charge is -2.23. The summed E-state index contributed by atoms with van der Waals surface area (Å²) in [5, 5.41) is 7.52. The van der Waals surface area contributed by atoms with Gasteiger partial charge in [0, 0.05) is 15.7 Å². The summed E-state index contributed by atoms with van der Waals surface area (Å²) in [6.07, 6.45) is 1.40. The molecule has 0 heterocycles. The summed E-state index contributed by atoms with van der Waals surface area (Å²) in [6.45, 7) is -0.705. The maximum absolute atomic E-state index is 13.3. The van der Waals surface area contributed by atoms with Crippen molar-refractivity contribution in [3.05, 3.63) is 119 Å². The number of anilines is 2. The van der Waals surface area contributed by atoms with E-state index < -0.39 is 22.5 Å². The monoisotopic (exact) mass is 610 g/mol. The number of nitrogens with zero attached hydrogens (tertiary/aromatic N) is 2. The normalized spacial score (nSPS) is 11.2. The third-order valence-corrected chi connectivity index (χ3v) is 7.77. The Bertz CT molecular complexity index is 1630. The minimum absolute atomic E-state index is 0.00805. The number of hydrogen-bond donors (Lipinski definition) is 2. The minimum Gasteiger partial charge on any atom is -0.484 e. The van der Waals surface area contributed by atoms with Crippen LogP contribution in [0, 0.1) is 0 Å². The van der Waals surface area contributed by atoms with Crippen molar-refractivity contribution in [2.75, 3.05) is 22.8 Å². The van der Waals surface area contributed by atoms with Crippen LogP contribution in [-0.4, -0.2) is 39.6 Å². The first-order valence-electron chi connectivity index (χ1n) is 12.1. The first-order valence-corrected chi connectivity index (χ1v) is 14.3. The highest BCUT2D eigenvalue weighted by Crippen LogP contribution is 2.24. The molecule has 0 unspecified atom stereocenters. The van der Waals surface area contributed by atoms with Crippen LogP contribution in [0.5, 0.6) is 5.75 Å². The van der Waals surface area contributed by atoms with E-state index in [2.05, 4.69) is 15.8 Å². The molecule has 9 nitrogen and oxygen atoms in total. The largest absolute Gasteiger partial charge is 0.484 e. The molecule has 0 aromatic heterocycles. The Labute approximate surface area is 247 Å². The molecule has 0 saturated heterocycles. The average molecular weight is 612 g/mol. The summed E-state index contributed by atoms with van der Waals surface area (Å²) in [5.41, 5.74) is 3.87. The standard InChI is InChI=1S/C29H24Cl2N4O5S/c30-22-11-15-27(16-12-22)41(38,39)35(25-7-2-1-3-8-25)19-28(36)34-32-18-21-9-13-26(14-10-21)40-20-29(37)33-24-6-4-5-23(31)17-24/h1-18H,19-20H2,(H,33,37)(H,34,36)/b32-18-. The molecule has 0 aliphatic rings. The van der Waals surface area contributed by atoms with Gasteiger partial charge in [0.25, 0.3) is 21.8 Å². The van der Waals surface area contributed by atoms with Crippen molar-refractivity contribution in [1.82, 2.24) is 5.43 Å². The molecule has 2 amide bonds. The van der Waals surface area contributed by atoms with E-state index in [9.17, 15) is 18.0 Å². The van der Waals surface area contributed by atoms with E-state index in [0.29, 0.717) is 32.7 Å². The lowest BCUT2D eigenvalue weighted by atomic mass is 10.2. The lowest BCUT2D eigenvalue weighted by Crippen LogP contribution is -2.39. The predicted octanol–water partition coefficient (Wildman–Crippen LogP) is 5.36. The summed E-state index contributed by atoms with van der Waals surface area (Å²) in [5.74, 6) is -0.533. The van der Waals surface area contributed by atoms with Crippen LogP contribution in [0.1, 0.15) is 5.56 Å². The van der Waals surface area contributed by atoms with Crippen LogP contribution in [0.25, 0.3) is 0 Å². The predicted molar refractivity (Wildman–Crippen MR) is 160 cm³/mol. The molecule has 0 aliphatic heterocycles. The first-order chi connectivity index (χ1) is 19.7. The zero-order valence-electron chi connectivity index (χ0n) is 21.4. The highest BCUT2D eigenvalue weighted by Gasteiger charge is 2.27. The number of rotatable bonds is 11. The van der Waals surface area contributed by atoms with Crippen LogP contribution < -0.4 is 19.8 Å². The molecule has 41 heavy (non-hydrogen) atoms. The molecule has 12 heteroatoms. The van der Waals surface area contributed by atoms with Gasteiger partial charge in [-0.05, 0) is 84.4 Å². The van der Waals surface area contributed by atoms with E-state index in [-0.39, 0.29) is 17.4 Å². The number of carbonyl (C=O) groups is 2. The zero-order valence-corrected chi connectivity index (χ0v) is 23.7. The quantitative estimate of drug-likeness (QED) is 0.175. The van der Waals surface area contributed by atoms with Crippen molar-refractivity contribution >= 4 is 62.6 Å². The molecular formula is C29H24Cl2N4O5S. The fourth-order valence-corrected chi connectivity index (χ4v) is 5.29. The average Bonchev–Trinajstić information content (AvgIpc) is 2.96. The van der Waals surface area contributed by atoms with Crippen molar-refractivity contribution in [1.29, 1.82) is 0 Å². The molecule has 4 aromatic carbocycles. The Hall–Kier alpha value is -4.38. The van der Waals surface area contributed by atoms with Crippen molar-refractivity contribution in [2.45, 2.75) is 4.90 Å². The van der Waals surface area contributed by atoms with Crippen molar-refractivity contribution in [2.24, 2.45) is 5.10 Å². The topological polar surface area (TPSA) is 117 Å². The third kappa shape index (κ3) is 8.55. The van der Waals surface area contributed by atoms with Gasteiger partial charge in [0.05, 0.1) is 16.8 Å². The summed E-state index contributed by atoms with van der Waals surface area (Å²) in [6, 6.07) is 27.4. The number of carbonyl (C=O) groups excluding carboxylic acids is 2. The van der Waals surface area contributed by atoms with E-state index in [0.717, 1.165) is 4.31 Å². The zero-order chi connectivity index (χ0) is 29.2. The highest BCUT2D eigenvalue weighted by molar-refractivity contribution is 7.92. The molecular weight excluding hydrogens is 587 g/mol. The van der Waals surface area contributed by atoms with Gasteiger partial charge >= 0.3 is 0 Å². The molecule has 0 aliphatic carbocycles. The van der Waals surface area contributed by atoms with E-state index in [4.69, 9.17) is 27.9 Å². The maximum atomic E-state index is 13.3. The van der Waals surface area contributed by atoms with Crippen LogP contribution in [0.2, 0.25) is 10.0 Å². The summed E-state index contributed by atoms with van der Waals surface area (Å²) in [7, 11) is -4.07. The summed E-state index contributed by atoms with van der Waals surface area (Å²) >= 11 is 11.8. The number of amides is 2. The molecule has 210 valence electrons. The SMILES string of the molecule is O=C(CN(c1ccccc1)S(=O)(=O)c1ccc(Cl)cc1)N/N=C\c1ccc(OCC(=O)Nc2cccc(Cl)c2)cc1. The van der Waals surface area contributed by atoms with Crippen molar-refractivity contribution < 1.29 is 22.7 Å². The Morgan fingerprint density at radius 1 is 0.829 bits per heavy atom. The number of halogens is 2. The van der Waals surface area contributed by atoms with Crippen molar-refractivity contribution in [3.63, 3.8) is 0 Å². The fourth-order valence-electron chi connectivity index (χ4n) is 3.55. The maximum Gasteiger partial charge on any atom is 0.264 e. The molecule has 0 saturated carbocycles. The fraction of sp³-hybridized carbons (Fsp3) is 0.0690. The number of nitrogens with one attached hydrogen (secondary N) is 2. The van der Waals surface area contributed by atoms with E-state index in [1.54, 1.807) is 78.9 Å². The Morgan fingerprint density at radius 3 is 2.22 bits per heavy atom. The van der Waals surface area contributed by atoms with Crippen LogP contribution in [0.4, 0.5) is 11.4 Å². The van der Waals surface area contributed by atoms with Gasteiger partial charge in [-0.3, -0.25) is 13.9 Å². The van der Waals surface area contributed by atoms with Gasteiger partial charge in [0.15, 0.2) is 6.61 Å². The molecule has 4 rings (SSSR count). The van der Waals surface area contributed by atoms with Gasteiger partial charge in [0.1, 0.15) is 12.3 Å². The van der Waals surface area contributed by atoms with Gasteiger partial charge in [-0.25, -0.2) is 13.8 Å². The minimum atomic E-state index is -4.07. The molecule has 0 bridgehead atoms. The molecule has 0 atom stereocenters. The number of hydrazone groups is 1. The van der Waals surface area contributed by atoms with Crippen LogP contribution >= 0.6 is 23.2 Å². The second-order valence-electron chi connectivity index (χ2n) is 8.51. The van der Waals surface area contributed by atoms with Crippen LogP contribution in [-0.2, 0) is 19.6 Å². The molecule has 4 aromatic rings. The van der Waals surface area contributed by atoms with Crippen molar-refractivity contribution in [3.8, 4) is 5.75 Å². The Morgan fingerprint density at radius 2 is 1.54 bits per heavy atom.